The van der Waals surface area contributed by atoms with E-state index in [1.165, 1.54) is 7.05 Å². The van der Waals surface area contributed by atoms with Gasteiger partial charge in [-0.15, -0.1) is 0 Å². The molecule has 0 spiro atoms. The molecule has 2 amide bonds. The van der Waals surface area contributed by atoms with E-state index in [-0.39, 0.29) is 31.8 Å². The number of carbonyl (C=O) groups excluding carboxylic acids is 2. The van der Waals surface area contributed by atoms with Gasteiger partial charge >= 0.3 is 0 Å². The van der Waals surface area contributed by atoms with Gasteiger partial charge in [0.25, 0.3) is 5.91 Å². The average Bonchev–Trinajstić information content (AvgIpc) is 3.08. The highest BCUT2D eigenvalue weighted by Crippen LogP contribution is 2.32. The molecule has 156 valence electrons. The number of likely N-dealkylation sites (tertiary alicyclic amines) is 1. The van der Waals surface area contributed by atoms with E-state index >= 15 is 0 Å². The fourth-order valence-electron chi connectivity index (χ4n) is 3.41. The Hall–Kier alpha value is -2.39. The minimum Gasteiger partial charge on any atom is -0.360 e. The van der Waals surface area contributed by atoms with E-state index in [1.54, 1.807) is 36.1 Å². The largest absolute Gasteiger partial charge is 0.360 e. The van der Waals surface area contributed by atoms with Crippen LogP contribution in [0.5, 0.6) is 0 Å². The molecule has 8 nitrogen and oxygen atoms in total. The van der Waals surface area contributed by atoms with Gasteiger partial charge in [-0.05, 0) is 25.8 Å². The van der Waals surface area contributed by atoms with Crippen molar-refractivity contribution in [2.75, 3.05) is 25.9 Å². The van der Waals surface area contributed by atoms with Crippen LogP contribution in [0.1, 0.15) is 29.0 Å². The molecule has 1 fully saturated rings. The van der Waals surface area contributed by atoms with E-state index in [9.17, 15) is 18.0 Å². The van der Waals surface area contributed by atoms with Gasteiger partial charge in [0.2, 0.25) is 5.91 Å². The first-order chi connectivity index (χ1) is 13.7. The SMILES string of the molecule is CNC(=O)CS(=O)(=O)C1CCN(C(=O)c2c(-c3ccccc3Cl)noc2C)CC1. The van der Waals surface area contributed by atoms with Gasteiger partial charge in [0, 0.05) is 25.7 Å². The number of rotatable bonds is 5. The second-order valence-electron chi connectivity index (χ2n) is 6.91. The molecule has 2 heterocycles. The summed E-state index contributed by atoms with van der Waals surface area (Å²) in [7, 11) is -2.16. The lowest BCUT2D eigenvalue weighted by Crippen LogP contribution is -2.44. The summed E-state index contributed by atoms with van der Waals surface area (Å²) in [4.78, 5) is 26.2. The van der Waals surface area contributed by atoms with Crippen LogP contribution in [-0.2, 0) is 14.6 Å². The number of nitrogens with one attached hydrogen (secondary N) is 1. The van der Waals surface area contributed by atoms with Crippen molar-refractivity contribution in [3.63, 3.8) is 0 Å². The fraction of sp³-hybridized carbons (Fsp3) is 0.421. The Morgan fingerprint density at radius 1 is 1.28 bits per heavy atom. The van der Waals surface area contributed by atoms with Crippen LogP contribution in [0.15, 0.2) is 28.8 Å². The maximum Gasteiger partial charge on any atom is 0.259 e. The van der Waals surface area contributed by atoms with Crippen molar-refractivity contribution in [3.05, 3.63) is 40.6 Å². The van der Waals surface area contributed by atoms with E-state index in [0.717, 1.165) is 0 Å². The molecular weight excluding hydrogens is 418 g/mol. The topological polar surface area (TPSA) is 110 Å². The van der Waals surface area contributed by atoms with Gasteiger partial charge in [0.15, 0.2) is 9.84 Å². The van der Waals surface area contributed by atoms with Crippen molar-refractivity contribution in [2.45, 2.75) is 25.0 Å². The predicted molar refractivity (Wildman–Crippen MR) is 108 cm³/mol. The highest BCUT2D eigenvalue weighted by Gasteiger charge is 2.35. The third-order valence-electron chi connectivity index (χ3n) is 5.05. The van der Waals surface area contributed by atoms with E-state index in [2.05, 4.69) is 10.5 Å². The molecule has 1 aromatic carbocycles. The Balaban J connectivity index is 1.77. The molecule has 0 radical (unpaired) electrons. The summed E-state index contributed by atoms with van der Waals surface area (Å²) in [6, 6.07) is 7.04. The number of aromatic nitrogens is 1. The zero-order valence-electron chi connectivity index (χ0n) is 16.1. The lowest BCUT2D eigenvalue weighted by Gasteiger charge is -2.31. The van der Waals surface area contributed by atoms with Crippen molar-refractivity contribution in [3.8, 4) is 11.3 Å². The van der Waals surface area contributed by atoms with Gasteiger partial charge in [0.1, 0.15) is 22.8 Å². The number of halogens is 1. The van der Waals surface area contributed by atoms with Crippen LogP contribution in [0.25, 0.3) is 11.3 Å². The van der Waals surface area contributed by atoms with Crippen molar-refractivity contribution < 1.29 is 22.5 Å². The number of amides is 2. The maximum atomic E-state index is 13.1. The average molecular weight is 440 g/mol. The lowest BCUT2D eigenvalue weighted by atomic mass is 10.0. The summed E-state index contributed by atoms with van der Waals surface area (Å²) in [5.41, 5.74) is 1.29. The van der Waals surface area contributed by atoms with Gasteiger partial charge in [-0.25, -0.2) is 8.42 Å². The van der Waals surface area contributed by atoms with Gasteiger partial charge in [-0.1, -0.05) is 35.0 Å². The van der Waals surface area contributed by atoms with Crippen molar-refractivity contribution in [1.29, 1.82) is 0 Å². The number of nitrogens with zero attached hydrogens (tertiary/aromatic N) is 2. The zero-order chi connectivity index (χ0) is 21.2. The monoisotopic (exact) mass is 439 g/mol. The number of sulfone groups is 1. The maximum absolute atomic E-state index is 13.1. The third kappa shape index (κ3) is 4.45. The van der Waals surface area contributed by atoms with E-state index in [4.69, 9.17) is 16.1 Å². The highest BCUT2D eigenvalue weighted by atomic mass is 35.5. The van der Waals surface area contributed by atoms with Crippen molar-refractivity contribution >= 4 is 33.3 Å². The molecule has 0 aliphatic carbocycles. The highest BCUT2D eigenvalue weighted by molar-refractivity contribution is 7.92. The normalized spacial score (nSPS) is 15.3. The minimum absolute atomic E-state index is 0.267. The number of benzene rings is 1. The first kappa shape index (κ1) is 21.3. The lowest BCUT2D eigenvalue weighted by molar-refractivity contribution is -0.118. The summed E-state index contributed by atoms with van der Waals surface area (Å²) in [5, 5.41) is 6.15. The number of piperidine rings is 1. The number of carbonyl (C=O) groups is 2. The van der Waals surface area contributed by atoms with Crippen LogP contribution in [0, 0.1) is 6.92 Å². The molecule has 0 unspecified atom stereocenters. The molecule has 0 saturated carbocycles. The van der Waals surface area contributed by atoms with Gasteiger partial charge in [-0.3, -0.25) is 9.59 Å². The standard InChI is InChI=1S/C19H22ClN3O5S/c1-12-17(18(22-28-12)14-5-3-4-6-15(14)20)19(25)23-9-7-13(8-10-23)29(26,27)11-16(24)21-2/h3-6,13H,7-11H2,1-2H3,(H,21,24). The van der Waals surface area contributed by atoms with Crippen molar-refractivity contribution in [1.82, 2.24) is 15.4 Å². The van der Waals surface area contributed by atoms with Crippen LogP contribution in [0.4, 0.5) is 0 Å². The van der Waals surface area contributed by atoms with Gasteiger partial charge in [-0.2, -0.15) is 0 Å². The predicted octanol–water partition coefficient (Wildman–Crippen LogP) is 2.07. The van der Waals surface area contributed by atoms with Gasteiger partial charge < -0.3 is 14.7 Å². The fourth-order valence-corrected chi connectivity index (χ4v) is 5.31. The minimum atomic E-state index is -3.56. The molecule has 10 heteroatoms. The quantitative estimate of drug-likeness (QED) is 0.763. The summed E-state index contributed by atoms with van der Waals surface area (Å²) in [6.07, 6.45) is 0.549. The summed E-state index contributed by atoms with van der Waals surface area (Å²) < 4.78 is 30.0. The molecule has 1 aliphatic rings. The Labute approximate surface area is 174 Å². The van der Waals surface area contributed by atoms with E-state index < -0.39 is 26.7 Å². The summed E-state index contributed by atoms with van der Waals surface area (Å²) in [5.74, 6) is -0.975. The van der Waals surface area contributed by atoms with E-state index in [1.807, 2.05) is 0 Å². The van der Waals surface area contributed by atoms with Crippen LogP contribution in [0.2, 0.25) is 5.02 Å². The summed E-state index contributed by atoms with van der Waals surface area (Å²) >= 11 is 6.25. The molecule has 0 bridgehead atoms. The molecule has 1 aliphatic heterocycles. The first-order valence-electron chi connectivity index (χ1n) is 9.17. The second kappa shape index (κ2) is 8.54. The molecular formula is C19H22ClN3O5S. The first-order valence-corrected chi connectivity index (χ1v) is 11.3. The number of hydrogen-bond acceptors (Lipinski definition) is 6. The Morgan fingerprint density at radius 2 is 1.93 bits per heavy atom. The van der Waals surface area contributed by atoms with E-state index in [0.29, 0.717) is 27.6 Å². The molecule has 1 aromatic heterocycles. The Kier molecular flexibility index (Phi) is 6.28. The van der Waals surface area contributed by atoms with Crippen molar-refractivity contribution in [2.24, 2.45) is 0 Å². The zero-order valence-corrected chi connectivity index (χ0v) is 17.7. The molecule has 1 N–H and O–H groups in total. The molecule has 0 atom stereocenters. The molecule has 1 saturated heterocycles. The third-order valence-corrected chi connectivity index (χ3v) is 7.54. The van der Waals surface area contributed by atoms with Crippen LogP contribution < -0.4 is 5.32 Å². The smallest absolute Gasteiger partial charge is 0.259 e. The second-order valence-corrected chi connectivity index (χ2v) is 9.60. The van der Waals surface area contributed by atoms with Gasteiger partial charge in [0.05, 0.1) is 10.3 Å². The van der Waals surface area contributed by atoms with Crippen LogP contribution in [0.3, 0.4) is 0 Å². The Bertz CT molecular complexity index is 1030. The van der Waals surface area contributed by atoms with Crippen LogP contribution >= 0.6 is 11.6 Å². The Morgan fingerprint density at radius 3 is 2.55 bits per heavy atom. The number of aryl methyl sites for hydroxylation is 1. The number of hydrogen-bond donors (Lipinski definition) is 1. The molecule has 2 aromatic rings. The molecule has 3 rings (SSSR count). The van der Waals surface area contributed by atoms with Crippen LogP contribution in [-0.4, -0.2) is 61.4 Å². The summed E-state index contributed by atoms with van der Waals surface area (Å²) in [6.45, 7) is 2.19. The molecule has 29 heavy (non-hydrogen) atoms.